The van der Waals surface area contributed by atoms with E-state index in [-0.39, 0.29) is 38.3 Å². The van der Waals surface area contributed by atoms with E-state index >= 15 is 0 Å². The maximum Gasteiger partial charge on any atom is 0.412 e. The molecule has 0 bridgehead atoms. The van der Waals surface area contributed by atoms with Gasteiger partial charge in [-0.15, -0.1) is 0 Å². The first-order chi connectivity index (χ1) is 14.0. The van der Waals surface area contributed by atoms with Crippen molar-refractivity contribution in [2.24, 2.45) is 5.41 Å². The third-order valence-corrected chi connectivity index (χ3v) is 6.01. The van der Waals surface area contributed by atoms with Crippen LogP contribution in [0.3, 0.4) is 0 Å². The van der Waals surface area contributed by atoms with E-state index in [0.717, 1.165) is 11.1 Å². The van der Waals surface area contributed by atoms with Gasteiger partial charge in [0, 0.05) is 20.1 Å². The lowest BCUT2D eigenvalue weighted by atomic mass is 9.60. The van der Waals surface area contributed by atoms with Crippen LogP contribution in [-0.4, -0.2) is 55.0 Å². The fourth-order valence-corrected chi connectivity index (χ4v) is 4.65. The van der Waals surface area contributed by atoms with E-state index in [9.17, 15) is 14.7 Å². The first-order valence-electron chi connectivity index (χ1n) is 10.1. The lowest BCUT2D eigenvalue weighted by molar-refractivity contribution is -0.143. The van der Waals surface area contributed by atoms with Gasteiger partial charge in [-0.05, 0) is 62.4 Å². The molecule has 0 aromatic heterocycles. The van der Waals surface area contributed by atoms with Crippen molar-refractivity contribution in [3.8, 4) is 5.75 Å². The monoisotopic (exact) mass is 417 g/mol. The highest BCUT2D eigenvalue weighted by molar-refractivity contribution is 5.94. The number of fused-ring (bicyclic) bond motifs is 3. The normalized spacial score (nSPS) is 25.5. The summed E-state index contributed by atoms with van der Waals surface area (Å²) >= 11 is 0. The molecule has 0 unspecified atom stereocenters. The zero-order valence-corrected chi connectivity index (χ0v) is 18.4. The van der Waals surface area contributed by atoms with Crippen LogP contribution >= 0.6 is 0 Å². The number of nitrogens with zero attached hydrogens (tertiary/aromatic N) is 1. The molecule has 0 saturated heterocycles. The maximum atomic E-state index is 13.2. The minimum absolute atomic E-state index is 0.0183. The number of carbonyl (C=O) groups is 2. The van der Waals surface area contributed by atoms with Crippen molar-refractivity contribution in [3.05, 3.63) is 35.9 Å². The molecule has 1 amide bonds. The Hall–Kier alpha value is -2.38. The van der Waals surface area contributed by atoms with Gasteiger partial charge in [0.15, 0.2) is 0 Å². The molecule has 1 aromatic rings. The summed E-state index contributed by atoms with van der Waals surface area (Å²) in [6.07, 6.45) is 0.163. The summed E-state index contributed by atoms with van der Waals surface area (Å²) in [4.78, 5) is 27.4. The van der Waals surface area contributed by atoms with Crippen molar-refractivity contribution in [3.63, 3.8) is 0 Å². The van der Waals surface area contributed by atoms with Gasteiger partial charge in [0.2, 0.25) is 0 Å². The summed E-state index contributed by atoms with van der Waals surface area (Å²) in [5, 5.41) is 11.9. The molecule has 0 aliphatic heterocycles. The SMILES string of the molecule is C=C1C[C@]2(CN(COC)C(=O)OC(C)(C)C)C(=O)CC[C@]2(O)c2ccc(OC)cc21. The van der Waals surface area contributed by atoms with Gasteiger partial charge < -0.3 is 19.3 Å². The Balaban J connectivity index is 2.05. The van der Waals surface area contributed by atoms with Crippen LogP contribution in [0.15, 0.2) is 24.8 Å². The highest BCUT2D eigenvalue weighted by Crippen LogP contribution is 2.60. The molecule has 0 radical (unpaired) electrons. The van der Waals surface area contributed by atoms with E-state index in [1.807, 2.05) is 6.07 Å². The molecule has 2 atom stereocenters. The molecular formula is C23H31NO6. The Labute approximate surface area is 177 Å². The Morgan fingerprint density at radius 1 is 1.30 bits per heavy atom. The molecule has 0 heterocycles. The van der Waals surface area contributed by atoms with Crippen LogP contribution in [-0.2, 0) is 19.9 Å². The zero-order chi connectivity index (χ0) is 22.3. The largest absolute Gasteiger partial charge is 0.497 e. The molecule has 1 fully saturated rings. The quantitative estimate of drug-likeness (QED) is 0.738. The molecule has 3 rings (SSSR count). The standard InChI is InChI=1S/C23H31NO6/c1-15-12-22(13-24(14-28-5)20(26)30-21(2,3)4)19(25)9-10-23(22,27)18-8-7-16(29-6)11-17(15)18/h7-8,11,27H,1,9-10,12-14H2,2-6H3/t22-,23-/m0/s1. The van der Waals surface area contributed by atoms with E-state index in [1.165, 1.54) is 12.0 Å². The minimum atomic E-state index is -1.42. The summed E-state index contributed by atoms with van der Waals surface area (Å²) in [5.74, 6) is 0.572. The van der Waals surface area contributed by atoms with E-state index in [0.29, 0.717) is 11.3 Å². The number of allylic oxidation sites excluding steroid dienone is 1. The summed E-state index contributed by atoms with van der Waals surface area (Å²) in [5.41, 5.74) is -1.16. The Morgan fingerprint density at radius 3 is 2.60 bits per heavy atom. The number of carbonyl (C=O) groups excluding carboxylic acids is 2. The van der Waals surface area contributed by atoms with Crippen LogP contribution in [0.4, 0.5) is 4.79 Å². The van der Waals surface area contributed by atoms with Gasteiger partial charge in [0.25, 0.3) is 0 Å². The van der Waals surface area contributed by atoms with Crippen LogP contribution in [0.1, 0.15) is 51.2 Å². The summed E-state index contributed by atoms with van der Waals surface area (Å²) in [6.45, 7) is 9.43. The second kappa shape index (κ2) is 7.71. The number of methoxy groups -OCH3 is 2. The second-order valence-electron chi connectivity index (χ2n) is 9.15. The van der Waals surface area contributed by atoms with Crippen molar-refractivity contribution >= 4 is 17.4 Å². The third kappa shape index (κ3) is 3.61. The molecule has 2 aliphatic carbocycles. The number of ether oxygens (including phenoxy) is 3. The summed E-state index contributed by atoms with van der Waals surface area (Å²) in [6, 6.07) is 5.40. The lowest BCUT2D eigenvalue weighted by Crippen LogP contribution is -2.56. The number of ketones is 1. The smallest absolute Gasteiger partial charge is 0.412 e. The molecule has 0 spiro atoms. The van der Waals surface area contributed by atoms with Gasteiger partial charge in [-0.3, -0.25) is 9.69 Å². The first kappa shape index (κ1) is 22.3. The maximum absolute atomic E-state index is 13.2. The Morgan fingerprint density at radius 2 is 2.00 bits per heavy atom. The van der Waals surface area contributed by atoms with E-state index in [4.69, 9.17) is 14.2 Å². The van der Waals surface area contributed by atoms with Crippen LogP contribution in [0.25, 0.3) is 5.57 Å². The number of aliphatic hydroxyl groups is 1. The molecule has 30 heavy (non-hydrogen) atoms. The van der Waals surface area contributed by atoms with Crippen molar-refractivity contribution in [2.45, 2.75) is 51.2 Å². The lowest BCUT2D eigenvalue weighted by Gasteiger charge is -2.48. The van der Waals surface area contributed by atoms with Crippen LogP contribution < -0.4 is 4.74 Å². The highest BCUT2D eigenvalue weighted by Gasteiger charge is 2.64. The number of Topliss-reactive ketones (excluding diaryl/α,β-unsaturated/α-hetero) is 1. The number of amides is 1. The minimum Gasteiger partial charge on any atom is -0.497 e. The van der Waals surface area contributed by atoms with Gasteiger partial charge in [-0.2, -0.15) is 0 Å². The summed E-state index contributed by atoms with van der Waals surface area (Å²) in [7, 11) is 3.05. The molecule has 164 valence electrons. The predicted molar refractivity (Wildman–Crippen MR) is 112 cm³/mol. The predicted octanol–water partition coefficient (Wildman–Crippen LogP) is 3.49. The third-order valence-electron chi connectivity index (χ3n) is 6.01. The van der Waals surface area contributed by atoms with Crippen molar-refractivity contribution in [1.82, 2.24) is 4.90 Å². The van der Waals surface area contributed by atoms with Gasteiger partial charge in [0.05, 0.1) is 12.5 Å². The number of benzene rings is 1. The molecule has 1 saturated carbocycles. The fourth-order valence-electron chi connectivity index (χ4n) is 4.65. The average molecular weight is 418 g/mol. The van der Waals surface area contributed by atoms with Gasteiger partial charge >= 0.3 is 6.09 Å². The fraction of sp³-hybridized carbons (Fsp3) is 0.565. The Bertz CT molecular complexity index is 873. The van der Waals surface area contributed by atoms with Crippen molar-refractivity contribution in [2.75, 3.05) is 27.5 Å². The van der Waals surface area contributed by atoms with Crippen LogP contribution in [0.5, 0.6) is 5.75 Å². The van der Waals surface area contributed by atoms with Crippen LogP contribution in [0.2, 0.25) is 0 Å². The van der Waals surface area contributed by atoms with E-state index in [1.54, 1.807) is 40.0 Å². The molecule has 1 aromatic carbocycles. The van der Waals surface area contributed by atoms with Crippen molar-refractivity contribution in [1.29, 1.82) is 0 Å². The molecule has 7 nitrogen and oxygen atoms in total. The molecular weight excluding hydrogens is 386 g/mol. The zero-order valence-electron chi connectivity index (χ0n) is 18.4. The van der Waals surface area contributed by atoms with Crippen LogP contribution in [0, 0.1) is 5.41 Å². The number of hydrogen-bond donors (Lipinski definition) is 1. The van der Waals surface area contributed by atoms with Gasteiger partial charge in [0.1, 0.15) is 29.5 Å². The number of hydrogen-bond acceptors (Lipinski definition) is 6. The molecule has 1 N–H and O–H groups in total. The first-order valence-corrected chi connectivity index (χ1v) is 10.1. The summed E-state index contributed by atoms with van der Waals surface area (Å²) < 4.78 is 16.0. The van der Waals surface area contributed by atoms with Gasteiger partial charge in [-0.25, -0.2) is 4.79 Å². The molecule has 2 aliphatic rings. The van der Waals surface area contributed by atoms with Gasteiger partial charge in [-0.1, -0.05) is 12.6 Å². The average Bonchev–Trinajstić information content (AvgIpc) is 2.92. The Kier molecular flexibility index (Phi) is 5.73. The topological polar surface area (TPSA) is 85.3 Å². The van der Waals surface area contributed by atoms with E-state index < -0.39 is 22.7 Å². The second-order valence-corrected chi connectivity index (χ2v) is 9.15. The number of rotatable bonds is 5. The van der Waals surface area contributed by atoms with Crippen molar-refractivity contribution < 1.29 is 28.9 Å². The van der Waals surface area contributed by atoms with E-state index in [2.05, 4.69) is 6.58 Å². The highest BCUT2D eigenvalue weighted by atomic mass is 16.6. The molecule has 7 heteroatoms.